The summed E-state index contributed by atoms with van der Waals surface area (Å²) in [7, 11) is 0. The van der Waals surface area contributed by atoms with Gasteiger partial charge in [0.05, 0.1) is 5.69 Å². The van der Waals surface area contributed by atoms with Crippen LogP contribution in [0.3, 0.4) is 0 Å². The van der Waals surface area contributed by atoms with Crippen molar-refractivity contribution < 1.29 is 18.8 Å². The van der Waals surface area contributed by atoms with Crippen molar-refractivity contribution in [3.05, 3.63) is 125 Å². The summed E-state index contributed by atoms with van der Waals surface area (Å²) in [5.41, 5.74) is 8.52. The average Bonchev–Trinajstić information content (AvgIpc) is 2.94. The van der Waals surface area contributed by atoms with Gasteiger partial charge in [0.2, 0.25) is 0 Å². The van der Waals surface area contributed by atoms with Gasteiger partial charge in [-0.25, -0.2) is 9.18 Å². The summed E-state index contributed by atoms with van der Waals surface area (Å²) in [6.07, 6.45) is 0. The van der Waals surface area contributed by atoms with Gasteiger partial charge < -0.3 is 16.4 Å². The number of imide groups is 1. The number of carbonyl (C=O) groups is 3. The Labute approximate surface area is 223 Å². The lowest BCUT2D eigenvalue weighted by Crippen LogP contribution is -2.34. The van der Waals surface area contributed by atoms with E-state index in [1.165, 1.54) is 30.0 Å². The predicted octanol–water partition coefficient (Wildman–Crippen LogP) is 5.33. The highest BCUT2D eigenvalue weighted by molar-refractivity contribution is 7.99. The summed E-state index contributed by atoms with van der Waals surface area (Å²) < 4.78 is 13.4. The van der Waals surface area contributed by atoms with Gasteiger partial charge in [0.15, 0.2) is 0 Å². The van der Waals surface area contributed by atoms with Crippen LogP contribution in [0.5, 0.6) is 0 Å². The van der Waals surface area contributed by atoms with E-state index in [4.69, 9.17) is 5.73 Å². The molecule has 0 bridgehead atoms. The van der Waals surface area contributed by atoms with Crippen LogP contribution in [0, 0.1) is 5.82 Å². The molecule has 38 heavy (non-hydrogen) atoms. The molecule has 0 aliphatic carbocycles. The lowest BCUT2D eigenvalue weighted by Gasteiger charge is -2.14. The molecule has 0 aliphatic heterocycles. The highest BCUT2D eigenvalue weighted by Crippen LogP contribution is 2.34. The third kappa shape index (κ3) is 7.28. The molecule has 4 aromatic rings. The zero-order valence-electron chi connectivity index (χ0n) is 20.2. The van der Waals surface area contributed by atoms with Crippen LogP contribution >= 0.6 is 11.8 Å². The smallest absolute Gasteiger partial charge is 0.326 e. The van der Waals surface area contributed by atoms with Gasteiger partial charge in [0.1, 0.15) is 5.82 Å². The van der Waals surface area contributed by atoms with E-state index in [9.17, 15) is 18.8 Å². The van der Waals surface area contributed by atoms with E-state index in [1.807, 2.05) is 24.3 Å². The Kier molecular flexibility index (Phi) is 8.86. The number of benzene rings is 4. The number of halogens is 1. The topological polar surface area (TPSA) is 113 Å². The molecule has 0 spiro atoms. The van der Waals surface area contributed by atoms with Gasteiger partial charge in [-0.1, -0.05) is 54.2 Å². The van der Waals surface area contributed by atoms with Crippen molar-refractivity contribution in [2.45, 2.75) is 22.9 Å². The molecular weight excluding hydrogens is 503 g/mol. The monoisotopic (exact) mass is 528 g/mol. The fraction of sp³-hybridized carbons (Fsp3) is 0.0690. The quantitative estimate of drug-likeness (QED) is 0.247. The number of hydrogen-bond acceptors (Lipinski definition) is 5. The number of nitrogens with two attached hydrogens (primary N) is 1. The van der Waals surface area contributed by atoms with E-state index in [0.29, 0.717) is 34.8 Å². The minimum Gasteiger partial charge on any atom is -0.348 e. The number of amides is 4. The molecule has 0 saturated carbocycles. The molecule has 5 N–H and O–H groups in total. The Morgan fingerprint density at radius 3 is 2.24 bits per heavy atom. The number of urea groups is 1. The molecule has 0 aromatic heterocycles. The Bertz CT molecular complexity index is 1450. The minimum absolute atomic E-state index is 0.299. The molecule has 192 valence electrons. The molecule has 0 atom stereocenters. The molecule has 0 heterocycles. The van der Waals surface area contributed by atoms with Crippen molar-refractivity contribution in [1.82, 2.24) is 10.6 Å². The molecule has 4 aromatic carbocycles. The molecule has 7 nitrogen and oxygen atoms in total. The summed E-state index contributed by atoms with van der Waals surface area (Å²) in [6.45, 7) is 0.701. The number of nitrogens with one attached hydrogen (secondary N) is 3. The second kappa shape index (κ2) is 12.7. The number of anilines is 1. The van der Waals surface area contributed by atoms with E-state index in [-0.39, 0.29) is 11.7 Å². The summed E-state index contributed by atoms with van der Waals surface area (Å²) >= 11 is 1.28. The second-order valence-corrected chi connectivity index (χ2v) is 9.36. The first-order valence-electron chi connectivity index (χ1n) is 11.7. The van der Waals surface area contributed by atoms with Crippen molar-refractivity contribution in [3.8, 4) is 0 Å². The summed E-state index contributed by atoms with van der Waals surface area (Å²) in [5.74, 6) is -1.27. The van der Waals surface area contributed by atoms with E-state index < -0.39 is 11.9 Å². The standard InChI is InChI=1S/C29H25FN4O3S/c30-23-10-12-24(13-11-23)38-26-14-9-22(27(35)32-18-20-6-4-5-19(15-20)17-31)16-25(26)33-29(37)34-28(36)21-7-2-1-3-8-21/h1-16H,17-18,31H2,(H,32,35)(H2,33,34,36,37). The normalized spacial score (nSPS) is 10.5. The van der Waals surface area contributed by atoms with E-state index in [2.05, 4.69) is 16.0 Å². The minimum atomic E-state index is -0.754. The zero-order valence-corrected chi connectivity index (χ0v) is 21.1. The maximum atomic E-state index is 13.4. The van der Waals surface area contributed by atoms with Crippen molar-refractivity contribution in [2.75, 3.05) is 5.32 Å². The van der Waals surface area contributed by atoms with E-state index in [0.717, 1.165) is 16.0 Å². The van der Waals surface area contributed by atoms with Crippen LogP contribution in [0.2, 0.25) is 0 Å². The molecule has 0 radical (unpaired) electrons. The third-order valence-electron chi connectivity index (χ3n) is 5.47. The SMILES string of the molecule is NCc1cccc(CNC(=O)c2ccc(Sc3ccc(F)cc3)c(NC(=O)NC(=O)c3ccccc3)c2)c1. The predicted molar refractivity (Wildman–Crippen MR) is 145 cm³/mol. The lowest BCUT2D eigenvalue weighted by molar-refractivity contribution is 0.0946. The van der Waals surface area contributed by atoms with Crippen molar-refractivity contribution >= 4 is 35.3 Å². The van der Waals surface area contributed by atoms with E-state index in [1.54, 1.807) is 54.6 Å². The maximum absolute atomic E-state index is 13.4. The molecule has 0 fully saturated rings. The highest BCUT2D eigenvalue weighted by atomic mass is 32.2. The van der Waals surface area contributed by atoms with Gasteiger partial charge in [0.25, 0.3) is 11.8 Å². The van der Waals surface area contributed by atoms with Gasteiger partial charge in [-0.2, -0.15) is 0 Å². The van der Waals surface area contributed by atoms with Crippen LogP contribution in [-0.4, -0.2) is 17.8 Å². The number of carbonyl (C=O) groups excluding carboxylic acids is 3. The molecule has 0 unspecified atom stereocenters. The highest BCUT2D eigenvalue weighted by Gasteiger charge is 2.15. The molecule has 4 rings (SSSR count). The second-order valence-electron chi connectivity index (χ2n) is 8.25. The van der Waals surface area contributed by atoms with Gasteiger partial charge in [-0.05, 0) is 65.7 Å². The van der Waals surface area contributed by atoms with Crippen LogP contribution in [0.25, 0.3) is 0 Å². The van der Waals surface area contributed by atoms with Crippen LogP contribution in [0.4, 0.5) is 14.9 Å². The maximum Gasteiger partial charge on any atom is 0.326 e. The molecule has 0 aliphatic rings. The molecule has 0 saturated heterocycles. The first kappa shape index (κ1) is 26.6. The van der Waals surface area contributed by atoms with Crippen molar-refractivity contribution in [2.24, 2.45) is 5.73 Å². The van der Waals surface area contributed by atoms with Gasteiger partial charge >= 0.3 is 6.03 Å². The van der Waals surface area contributed by atoms with Crippen LogP contribution in [-0.2, 0) is 13.1 Å². The fourth-order valence-corrected chi connectivity index (χ4v) is 4.44. The lowest BCUT2D eigenvalue weighted by atomic mass is 10.1. The molecular formula is C29H25FN4O3S. The van der Waals surface area contributed by atoms with E-state index >= 15 is 0 Å². The molecule has 4 amide bonds. The van der Waals surface area contributed by atoms with Crippen LogP contribution in [0.15, 0.2) is 107 Å². The summed E-state index contributed by atoms with van der Waals surface area (Å²) in [4.78, 5) is 39.3. The zero-order chi connectivity index (χ0) is 26.9. The molecule has 9 heteroatoms. The van der Waals surface area contributed by atoms with Crippen molar-refractivity contribution in [1.29, 1.82) is 0 Å². The van der Waals surface area contributed by atoms with Crippen molar-refractivity contribution in [3.63, 3.8) is 0 Å². The first-order chi connectivity index (χ1) is 18.4. The first-order valence-corrected chi connectivity index (χ1v) is 12.5. The van der Waals surface area contributed by atoms with Crippen LogP contribution < -0.4 is 21.7 Å². The summed E-state index contributed by atoms with van der Waals surface area (Å²) in [5, 5.41) is 7.82. The van der Waals surface area contributed by atoms with Crippen LogP contribution in [0.1, 0.15) is 31.8 Å². The Morgan fingerprint density at radius 2 is 1.50 bits per heavy atom. The number of hydrogen-bond donors (Lipinski definition) is 4. The summed E-state index contributed by atoms with van der Waals surface area (Å²) in [6, 6.07) is 25.9. The fourth-order valence-electron chi connectivity index (χ4n) is 3.56. The van der Waals surface area contributed by atoms with Gasteiger partial charge in [0, 0.05) is 34.0 Å². The number of rotatable bonds is 8. The van der Waals surface area contributed by atoms with Gasteiger partial charge in [-0.3, -0.25) is 14.9 Å². The largest absolute Gasteiger partial charge is 0.348 e. The Balaban J connectivity index is 1.52. The average molecular weight is 529 g/mol. The third-order valence-corrected chi connectivity index (χ3v) is 6.56. The Morgan fingerprint density at radius 1 is 0.763 bits per heavy atom. The van der Waals surface area contributed by atoms with Gasteiger partial charge in [-0.15, -0.1) is 0 Å². The Hall–Kier alpha value is -4.47.